The van der Waals surface area contributed by atoms with Crippen LogP contribution in [0.2, 0.25) is 0 Å². The van der Waals surface area contributed by atoms with E-state index < -0.39 is 0 Å². The fourth-order valence-corrected chi connectivity index (χ4v) is 4.01. The summed E-state index contributed by atoms with van der Waals surface area (Å²) in [4.78, 5) is 20.2. The summed E-state index contributed by atoms with van der Waals surface area (Å²) in [6, 6.07) is 18.8. The molecule has 1 unspecified atom stereocenters. The molecular formula is C24H25N7O. The highest BCUT2D eigenvalue weighted by atomic mass is 16.5. The molecule has 8 nitrogen and oxygen atoms in total. The van der Waals surface area contributed by atoms with Crippen molar-refractivity contribution in [3.63, 3.8) is 0 Å². The molecule has 2 aromatic heterocycles. The van der Waals surface area contributed by atoms with Gasteiger partial charge in [-0.2, -0.15) is 0 Å². The van der Waals surface area contributed by atoms with Crippen molar-refractivity contribution in [1.29, 1.82) is 0 Å². The van der Waals surface area contributed by atoms with Crippen molar-refractivity contribution in [2.45, 2.75) is 6.04 Å². The van der Waals surface area contributed by atoms with Crippen LogP contribution < -0.4 is 11.1 Å². The summed E-state index contributed by atoms with van der Waals surface area (Å²) >= 11 is 0. The highest BCUT2D eigenvalue weighted by Gasteiger charge is 2.23. The lowest BCUT2D eigenvalue weighted by atomic mass is 10.0. The molecule has 8 heteroatoms. The van der Waals surface area contributed by atoms with Gasteiger partial charge in [0.1, 0.15) is 5.82 Å². The molecule has 0 amide bonds. The summed E-state index contributed by atoms with van der Waals surface area (Å²) in [6.07, 6.45) is 3.30. The Kier molecular flexibility index (Phi) is 5.87. The lowest BCUT2D eigenvalue weighted by Crippen LogP contribution is -2.41. The number of nitrogen functional groups attached to an aromatic ring is 1. The molecule has 0 saturated carbocycles. The highest BCUT2D eigenvalue weighted by Crippen LogP contribution is 2.27. The van der Waals surface area contributed by atoms with E-state index in [1.165, 1.54) is 5.56 Å². The van der Waals surface area contributed by atoms with Crippen molar-refractivity contribution in [3.8, 4) is 11.4 Å². The van der Waals surface area contributed by atoms with Crippen LogP contribution in [0.25, 0.3) is 22.3 Å². The number of hydrogen-bond donors (Lipinski definition) is 2. The van der Waals surface area contributed by atoms with Gasteiger partial charge in [0, 0.05) is 37.4 Å². The zero-order chi connectivity index (χ0) is 21.8. The topological polar surface area (TPSA) is 102 Å². The molecule has 0 spiro atoms. The molecule has 2 aromatic carbocycles. The third-order valence-electron chi connectivity index (χ3n) is 5.67. The molecular weight excluding hydrogens is 402 g/mol. The van der Waals surface area contributed by atoms with Gasteiger partial charge in [0.05, 0.1) is 30.3 Å². The van der Waals surface area contributed by atoms with Crippen molar-refractivity contribution in [3.05, 3.63) is 72.6 Å². The van der Waals surface area contributed by atoms with Crippen LogP contribution in [-0.2, 0) is 4.74 Å². The van der Waals surface area contributed by atoms with E-state index in [9.17, 15) is 0 Å². The number of nitrogens with two attached hydrogens (primary N) is 1. The van der Waals surface area contributed by atoms with Gasteiger partial charge < -0.3 is 15.8 Å². The lowest BCUT2D eigenvalue weighted by Gasteiger charge is -2.35. The second-order valence-corrected chi connectivity index (χ2v) is 7.70. The van der Waals surface area contributed by atoms with Gasteiger partial charge in [-0.25, -0.2) is 19.9 Å². The first kappa shape index (κ1) is 20.3. The lowest BCUT2D eigenvalue weighted by molar-refractivity contribution is 0.0187. The molecule has 1 atom stereocenters. The van der Waals surface area contributed by atoms with Gasteiger partial charge in [0.25, 0.3) is 0 Å². The van der Waals surface area contributed by atoms with Crippen LogP contribution in [0.4, 0.5) is 11.8 Å². The van der Waals surface area contributed by atoms with Gasteiger partial charge >= 0.3 is 0 Å². The second kappa shape index (κ2) is 9.25. The molecule has 0 bridgehead atoms. The second-order valence-electron chi connectivity index (χ2n) is 7.70. The van der Waals surface area contributed by atoms with Gasteiger partial charge in [-0.1, -0.05) is 42.5 Å². The molecule has 4 aromatic rings. The smallest absolute Gasteiger partial charge is 0.219 e. The zero-order valence-corrected chi connectivity index (χ0v) is 17.7. The van der Waals surface area contributed by atoms with Crippen LogP contribution in [-0.4, -0.2) is 57.7 Å². The quantitative estimate of drug-likeness (QED) is 0.484. The first-order chi connectivity index (χ1) is 15.8. The van der Waals surface area contributed by atoms with Gasteiger partial charge in [0.15, 0.2) is 5.82 Å². The number of rotatable bonds is 6. The van der Waals surface area contributed by atoms with E-state index in [-0.39, 0.29) is 12.0 Å². The first-order valence-corrected chi connectivity index (χ1v) is 10.7. The molecule has 3 heterocycles. The van der Waals surface area contributed by atoms with Crippen molar-refractivity contribution in [1.82, 2.24) is 24.8 Å². The Bertz CT molecular complexity index is 1180. The minimum atomic E-state index is 0.206. The van der Waals surface area contributed by atoms with E-state index >= 15 is 0 Å². The molecule has 5 rings (SSSR count). The molecule has 32 heavy (non-hydrogen) atoms. The van der Waals surface area contributed by atoms with Gasteiger partial charge in [-0.3, -0.25) is 4.90 Å². The predicted molar refractivity (Wildman–Crippen MR) is 125 cm³/mol. The van der Waals surface area contributed by atoms with Crippen molar-refractivity contribution >= 4 is 22.7 Å². The molecule has 0 aliphatic carbocycles. The summed E-state index contributed by atoms with van der Waals surface area (Å²) in [6.45, 7) is 4.02. The van der Waals surface area contributed by atoms with Crippen LogP contribution >= 0.6 is 0 Å². The van der Waals surface area contributed by atoms with E-state index in [2.05, 4.69) is 44.5 Å². The number of hydrogen-bond acceptors (Lipinski definition) is 8. The third-order valence-corrected chi connectivity index (χ3v) is 5.67. The summed E-state index contributed by atoms with van der Waals surface area (Å²) in [5.74, 6) is 1.58. The molecule has 1 fully saturated rings. The largest absolute Gasteiger partial charge is 0.379 e. The Hall–Kier alpha value is -3.62. The van der Waals surface area contributed by atoms with Gasteiger partial charge in [0.2, 0.25) is 5.95 Å². The van der Waals surface area contributed by atoms with Crippen LogP contribution in [0.15, 0.2) is 67.0 Å². The number of morpholine rings is 1. The maximum absolute atomic E-state index is 5.64. The zero-order valence-electron chi connectivity index (χ0n) is 17.7. The minimum Gasteiger partial charge on any atom is -0.379 e. The highest BCUT2D eigenvalue weighted by molar-refractivity contribution is 5.90. The number of anilines is 2. The molecule has 1 aliphatic heterocycles. The average Bonchev–Trinajstić information content (AvgIpc) is 2.86. The third kappa shape index (κ3) is 4.37. The van der Waals surface area contributed by atoms with Crippen LogP contribution in [0.1, 0.15) is 11.6 Å². The normalized spacial score (nSPS) is 15.5. The van der Waals surface area contributed by atoms with E-state index in [0.717, 1.165) is 48.6 Å². The minimum absolute atomic E-state index is 0.206. The Morgan fingerprint density at radius 2 is 1.66 bits per heavy atom. The predicted octanol–water partition coefficient (Wildman–Crippen LogP) is 3.15. The monoisotopic (exact) mass is 427 g/mol. The standard InChI is InChI=1S/C24H25N7O/c25-24-27-14-18(15-28-24)22-29-20-9-5-4-8-19(20)23(30-22)26-16-21(17-6-2-1-3-7-17)31-10-12-32-13-11-31/h1-9,14-15,21H,10-13,16H2,(H2,25,27,28)(H,26,29,30). The Morgan fingerprint density at radius 1 is 0.938 bits per heavy atom. The van der Waals surface area contributed by atoms with E-state index in [1.807, 2.05) is 30.3 Å². The van der Waals surface area contributed by atoms with Crippen LogP contribution in [0.3, 0.4) is 0 Å². The summed E-state index contributed by atoms with van der Waals surface area (Å²) in [7, 11) is 0. The van der Waals surface area contributed by atoms with Gasteiger partial charge in [-0.05, 0) is 17.7 Å². The number of nitrogens with zero attached hydrogens (tertiary/aromatic N) is 5. The van der Waals surface area contributed by atoms with Gasteiger partial charge in [-0.15, -0.1) is 0 Å². The van der Waals surface area contributed by atoms with Crippen molar-refractivity contribution in [2.75, 3.05) is 43.9 Å². The number of nitrogens with one attached hydrogen (secondary N) is 1. The summed E-state index contributed by atoms with van der Waals surface area (Å²) in [5.41, 5.74) is 8.50. The number of aromatic nitrogens is 4. The van der Waals surface area contributed by atoms with Crippen LogP contribution in [0.5, 0.6) is 0 Å². The van der Waals surface area contributed by atoms with Crippen molar-refractivity contribution < 1.29 is 4.74 Å². The number of benzene rings is 2. The Balaban J connectivity index is 1.48. The molecule has 162 valence electrons. The van der Waals surface area contributed by atoms with E-state index in [4.69, 9.17) is 20.4 Å². The molecule has 3 N–H and O–H groups in total. The average molecular weight is 428 g/mol. The SMILES string of the molecule is Nc1ncc(-c2nc(NCC(c3ccccc3)N3CCOCC3)c3ccccc3n2)cn1. The van der Waals surface area contributed by atoms with Crippen LogP contribution in [0, 0.1) is 0 Å². The summed E-state index contributed by atoms with van der Waals surface area (Å²) in [5, 5.41) is 4.58. The fourth-order valence-electron chi connectivity index (χ4n) is 4.01. The van der Waals surface area contributed by atoms with E-state index in [0.29, 0.717) is 12.4 Å². The molecule has 1 saturated heterocycles. The fraction of sp³-hybridized carbons (Fsp3) is 0.250. The maximum atomic E-state index is 5.64. The number of fused-ring (bicyclic) bond motifs is 1. The molecule has 1 aliphatic rings. The Labute approximate surface area is 186 Å². The van der Waals surface area contributed by atoms with Crippen molar-refractivity contribution in [2.24, 2.45) is 0 Å². The Morgan fingerprint density at radius 3 is 2.44 bits per heavy atom. The molecule has 0 radical (unpaired) electrons. The number of ether oxygens (including phenoxy) is 1. The van der Waals surface area contributed by atoms with E-state index in [1.54, 1.807) is 12.4 Å². The number of para-hydroxylation sites is 1. The maximum Gasteiger partial charge on any atom is 0.219 e. The summed E-state index contributed by atoms with van der Waals surface area (Å²) < 4.78 is 5.58. The first-order valence-electron chi connectivity index (χ1n) is 10.7.